The Balaban J connectivity index is 2.41. The molecule has 0 aliphatic rings. The molecule has 0 radical (unpaired) electrons. The average Bonchev–Trinajstić information content (AvgIpc) is 3.11. The van der Waals surface area contributed by atoms with Gasteiger partial charge >= 0.3 is 5.69 Å². The zero-order valence-electron chi connectivity index (χ0n) is 15.6. The number of fused-ring (bicyclic) bond motifs is 1. The molecule has 3 aromatic heterocycles. The van der Waals surface area contributed by atoms with Crippen LogP contribution in [0.4, 0.5) is 0 Å². The fraction of sp³-hybridized carbons (Fsp3) is 0.150. The normalized spacial score (nSPS) is 11.4. The van der Waals surface area contributed by atoms with E-state index >= 15 is 0 Å². The Bertz CT molecular complexity index is 1320. The maximum absolute atomic E-state index is 13.2. The summed E-state index contributed by atoms with van der Waals surface area (Å²) in [5.41, 5.74) is 0.698. The molecule has 3 heterocycles. The van der Waals surface area contributed by atoms with Crippen LogP contribution in [0.5, 0.6) is 0 Å². The molecule has 3 aromatic rings. The number of nitrogens with zero attached hydrogens (tertiary/aromatic N) is 5. The first-order chi connectivity index (χ1) is 13.9. The Morgan fingerprint density at radius 1 is 1.41 bits per heavy atom. The van der Waals surface area contributed by atoms with Crippen LogP contribution in [0.2, 0.25) is 0 Å². The first kappa shape index (κ1) is 20.5. The Kier molecular flexibility index (Phi) is 5.92. The van der Waals surface area contributed by atoms with Crippen LogP contribution in [0.1, 0.15) is 16.9 Å². The first-order valence-corrected chi connectivity index (χ1v) is 9.72. The van der Waals surface area contributed by atoms with Gasteiger partial charge in [0.2, 0.25) is 0 Å². The third kappa shape index (κ3) is 3.83. The van der Waals surface area contributed by atoms with Gasteiger partial charge in [0.05, 0.1) is 24.2 Å². The minimum atomic E-state index is -0.582. The zero-order chi connectivity index (χ0) is 21.1. The highest BCUT2D eigenvalue weighted by atomic mass is 35.5. The van der Waals surface area contributed by atoms with Gasteiger partial charge in [0.25, 0.3) is 5.56 Å². The van der Waals surface area contributed by atoms with Crippen LogP contribution < -0.4 is 11.2 Å². The fourth-order valence-electron chi connectivity index (χ4n) is 2.84. The topological polar surface area (TPSA) is 93.6 Å². The van der Waals surface area contributed by atoms with Crippen molar-refractivity contribution in [1.29, 1.82) is 5.26 Å². The monoisotopic (exact) mass is 425 g/mol. The molecule has 3 rings (SSSR count). The molecule has 0 fully saturated rings. The lowest BCUT2D eigenvalue weighted by atomic mass is 10.2. The minimum absolute atomic E-state index is 0.107. The smallest absolute Gasteiger partial charge is 0.291 e. The number of hydrogen-bond acceptors (Lipinski definition) is 6. The van der Waals surface area contributed by atoms with Crippen LogP contribution in [-0.2, 0) is 6.54 Å². The van der Waals surface area contributed by atoms with Crippen molar-refractivity contribution in [3.05, 3.63) is 80.0 Å². The Hall–Kier alpha value is -3.28. The number of aromatic nitrogens is 4. The third-order valence-electron chi connectivity index (χ3n) is 4.12. The highest BCUT2D eigenvalue weighted by Crippen LogP contribution is 2.33. The van der Waals surface area contributed by atoms with E-state index in [1.807, 2.05) is 6.07 Å². The van der Waals surface area contributed by atoms with Crippen molar-refractivity contribution < 1.29 is 0 Å². The van der Waals surface area contributed by atoms with Gasteiger partial charge < -0.3 is 0 Å². The quantitative estimate of drug-likeness (QED) is 0.563. The van der Waals surface area contributed by atoms with Crippen LogP contribution in [0, 0.1) is 18.3 Å². The average molecular weight is 426 g/mol. The van der Waals surface area contributed by atoms with E-state index in [4.69, 9.17) is 16.9 Å². The first-order valence-electron chi connectivity index (χ1n) is 8.53. The lowest BCUT2D eigenvalue weighted by molar-refractivity contribution is 0.655. The summed E-state index contributed by atoms with van der Waals surface area (Å²) in [6.45, 7) is 9.34. The maximum atomic E-state index is 13.2. The molecule has 146 valence electrons. The second-order valence-electron chi connectivity index (χ2n) is 6.12. The molecule has 0 spiro atoms. The summed E-state index contributed by atoms with van der Waals surface area (Å²) in [7, 11) is 0. The molecule has 0 saturated heterocycles. The molecule has 0 aromatic carbocycles. The van der Waals surface area contributed by atoms with E-state index in [2.05, 4.69) is 23.4 Å². The fourth-order valence-corrected chi connectivity index (χ4v) is 4.21. The number of rotatable bonds is 6. The van der Waals surface area contributed by atoms with Crippen molar-refractivity contribution in [1.82, 2.24) is 19.3 Å². The SMILES string of the molecule is C=C/C=C(\C(=C)Cl)c1cc2c(s1)c(=O)n(-c1cc(C)cnn1)c(=O)n2CCC#N. The highest BCUT2D eigenvalue weighted by molar-refractivity contribution is 7.20. The largest absolute Gasteiger partial charge is 0.337 e. The third-order valence-corrected chi connectivity index (χ3v) is 5.47. The number of aryl methyl sites for hydroxylation is 2. The van der Waals surface area contributed by atoms with E-state index in [0.29, 0.717) is 20.7 Å². The molecule has 0 atom stereocenters. The van der Waals surface area contributed by atoms with Gasteiger partial charge in [-0.25, -0.2) is 9.36 Å². The molecule has 29 heavy (non-hydrogen) atoms. The molecule has 0 N–H and O–H groups in total. The summed E-state index contributed by atoms with van der Waals surface area (Å²) >= 11 is 7.29. The molecule has 7 nitrogen and oxygen atoms in total. The van der Waals surface area contributed by atoms with Crippen molar-refractivity contribution in [2.45, 2.75) is 19.9 Å². The Morgan fingerprint density at radius 2 is 2.17 bits per heavy atom. The standard InChI is InChI=1S/C20H16ClN5O2S/c1-4-6-14(13(3)21)16-10-15-18(29-16)19(27)26(17-9-12(2)11-23-24-17)20(28)25(15)8-5-7-22/h4,6,9-11H,1,3,5,8H2,2H3/b14-6+. The lowest BCUT2D eigenvalue weighted by Crippen LogP contribution is -2.39. The zero-order valence-corrected chi connectivity index (χ0v) is 17.1. The molecule has 0 bridgehead atoms. The van der Waals surface area contributed by atoms with E-state index in [0.717, 1.165) is 10.1 Å². The van der Waals surface area contributed by atoms with E-state index in [1.54, 1.807) is 31.2 Å². The second-order valence-corrected chi connectivity index (χ2v) is 7.63. The van der Waals surface area contributed by atoms with E-state index in [1.165, 1.54) is 22.1 Å². The molecule has 0 unspecified atom stereocenters. The molecular weight excluding hydrogens is 410 g/mol. The number of nitriles is 1. The van der Waals surface area contributed by atoms with Crippen molar-refractivity contribution in [2.75, 3.05) is 0 Å². The number of hydrogen-bond donors (Lipinski definition) is 0. The van der Waals surface area contributed by atoms with Crippen LogP contribution >= 0.6 is 22.9 Å². The van der Waals surface area contributed by atoms with E-state index in [-0.39, 0.29) is 23.8 Å². The van der Waals surface area contributed by atoms with Gasteiger partial charge in [-0.1, -0.05) is 36.9 Å². The van der Waals surface area contributed by atoms with Crippen molar-refractivity contribution >= 4 is 38.7 Å². The molecule has 9 heteroatoms. The molecule has 0 aliphatic carbocycles. The summed E-state index contributed by atoms with van der Waals surface area (Å²) < 4.78 is 2.72. The van der Waals surface area contributed by atoms with Crippen molar-refractivity contribution in [3.63, 3.8) is 0 Å². The van der Waals surface area contributed by atoms with E-state index in [9.17, 15) is 9.59 Å². The van der Waals surface area contributed by atoms with Gasteiger partial charge in [0.15, 0.2) is 5.82 Å². The predicted octanol–water partition coefficient (Wildman–Crippen LogP) is 3.55. The number of allylic oxidation sites excluding steroid dienone is 4. The van der Waals surface area contributed by atoms with E-state index < -0.39 is 11.2 Å². The molecule has 0 amide bonds. The van der Waals surface area contributed by atoms with Gasteiger partial charge in [0.1, 0.15) is 4.70 Å². The molecule has 0 aliphatic heterocycles. The summed E-state index contributed by atoms with van der Waals surface area (Å²) in [5.74, 6) is 0.131. The van der Waals surface area contributed by atoms with Crippen molar-refractivity contribution in [2.24, 2.45) is 0 Å². The summed E-state index contributed by atoms with van der Waals surface area (Å²) in [5, 5.41) is 17.1. The molecule has 0 saturated carbocycles. The maximum Gasteiger partial charge on any atom is 0.337 e. The van der Waals surface area contributed by atoms with Gasteiger partial charge in [-0.15, -0.1) is 16.4 Å². The van der Waals surface area contributed by atoms with Crippen LogP contribution in [0.15, 0.2) is 58.3 Å². The second kappa shape index (κ2) is 8.39. The van der Waals surface area contributed by atoms with Crippen LogP contribution in [0.25, 0.3) is 21.6 Å². The van der Waals surface area contributed by atoms with Gasteiger partial charge in [-0.05, 0) is 24.6 Å². The van der Waals surface area contributed by atoms with Crippen molar-refractivity contribution in [3.8, 4) is 11.9 Å². The van der Waals surface area contributed by atoms with Gasteiger partial charge in [0, 0.05) is 22.0 Å². The van der Waals surface area contributed by atoms with Crippen LogP contribution in [0.3, 0.4) is 0 Å². The predicted molar refractivity (Wildman–Crippen MR) is 115 cm³/mol. The summed E-state index contributed by atoms with van der Waals surface area (Å²) in [4.78, 5) is 27.0. The summed E-state index contributed by atoms with van der Waals surface area (Å²) in [6, 6.07) is 5.34. The Morgan fingerprint density at radius 3 is 2.79 bits per heavy atom. The lowest BCUT2D eigenvalue weighted by Gasteiger charge is -2.10. The number of thiophene rings is 1. The Labute approximate surface area is 175 Å². The summed E-state index contributed by atoms with van der Waals surface area (Å²) in [6.07, 6.45) is 4.89. The highest BCUT2D eigenvalue weighted by Gasteiger charge is 2.20. The van der Waals surface area contributed by atoms with Crippen LogP contribution in [-0.4, -0.2) is 19.3 Å². The van der Waals surface area contributed by atoms with Gasteiger partial charge in [-0.2, -0.15) is 10.4 Å². The molecular formula is C20H16ClN5O2S. The number of halogens is 1. The van der Waals surface area contributed by atoms with Gasteiger partial charge in [-0.3, -0.25) is 9.36 Å². The minimum Gasteiger partial charge on any atom is -0.291 e.